The number of carbonyl (C=O) groups is 3. The molecule has 0 unspecified atom stereocenters. The summed E-state index contributed by atoms with van der Waals surface area (Å²) in [5.74, 6) is -1.40. The van der Waals surface area contributed by atoms with Crippen LogP contribution in [0.5, 0.6) is 0 Å². The number of aromatic amines is 1. The largest absolute Gasteiger partial charge is 0.480 e. The Morgan fingerprint density at radius 3 is 1.26 bits per heavy atom. The van der Waals surface area contributed by atoms with Crippen LogP contribution >= 0.6 is 50.7 Å². The number of carbonyl (C=O) groups excluding carboxylic acids is 2. The maximum absolute atomic E-state index is 12.3. The molecule has 0 aliphatic heterocycles. The molecular formula is C23H23BrCl3F9N6O4. The van der Waals surface area contributed by atoms with Crippen molar-refractivity contribution < 1.29 is 59.0 Å². The molecule has 0 aliphatic carbocycles. The highest BCUT2D eigenvalue weighted by molar-refractivity contribution is 9.09. The molecule has 2 N–H and O–H groups in total. The monoisotopic (exact) mass is 802 g/mol. The molecule has 3 rings (SSSR count). The van der Waals surface area contributed by atoms with Crippen LogP contribution in [0, 0.1) is 20.8 Å². The molecule has 3 aromatic heterocycles. The summed E-state index contributed by atoms with van der Waals surface area (Å²) in [5, 5.41) is 19.0. The van der Waals surface area contributed by atoms with Gasteiger partial charge in [0.15, 0.2) is 22.9 Å². The van der Waals surface area contributed by atoms with Crippen molar-refractivity contribution in [3.05, 3.63) is 49.2 Å². The Morgan fingerprint density at radius 1 is 0.717 bits per heavy atom. The number of carboxylic acids is 1. The average molecular weight is 805 g/mol. The fourth-order valence-corrected chi connectivity index (χ4v) is 3.34. The third-order valence-corrected chi connectivity index (χ3v) is 6.95. The van der Waals surface area contributed by atoms with Gasteiger partial charge in [-0.2, -0.15) is 54.8 Å². The molecule has 0 bridgehead atoms. The van der Waals surface area contributed by atoms with E-state index in [1.165, 1.54) is 34.6 Å². The number of hydrogen-bond donors (Lipinski definition) is 2. The van der Waals surface area contributed by atoms with Crippen LogP contribution in [0.4, 0.5) is 39.5 Å². The number of halogens is 13. The standard InChI is InChI=1S/C8H8ClF3N2O.C7H6ClF3N2O2.C5H4ClF3N2.C3H5BrO/c1-4(15)3-14-5(2)6(9)7(13-14)8(10,11)12;1-3-5(8)6(7(9,10)11)12-13(3)2-4(14)15;1-2-3(6)4(11-10-2)5(7,8)9;1-3(5)2-4/h3H2,1-2H3;2H2,1H3,(H,14,15);1H3,(H,10,11);2H2,1H3. The maximum Gasteiger partial charge on any atom is 0.436 e. The van der Waals surface area contributed by atoms with E-state index in [9.17, 15) is 53.9 Å². The molecule has 0 spiro atoms. The average Bonchev–Trinajstić information content (AvgIpc) is 3.48. The van der Waals surface area contributed by atoms with Crippen molar-refractivity contribution >= 4 is 68.3 Å². The van der Waals surface area contributed by atoms with E-state index in [4.69, 9.17) is 39.9 Å². The molecule has 0 saturated carbocycles. The molecular weight excluding hydrogens is 782 g/mol. The fourth-order valence-electron chi connectivity index (χ4n) is 2.66. The minimum Gasteiger partial charge on any atom is -0.480 e. The Labute approximate surface area is 277 Å². The van der Waals surface area contributed by atoms with Crippen molar-refractivity contribution in [3.63, 3.8) is 0 Å². The molecule has 0 aliphatic rings. The van der Waals surface area contributed by atoms with Gasteiger partial charge in [-0.3, -0.25) is 28.8 Å². The van der Waals surface area contributed by atoms with Gasteiger partial charge in [-0.1, -0.05) is 50.7 Å². The van der Waals surface area contributed by atoms with Gasteiger partial charge >= 0.3 is 24.5 Å². The Kier molecular flexibility index (Phi) is 16.3. The number of Topliss-reactive ketones (excluding diaryl/α,β-unsaturated/α-hetero) is 2. The Bertz CT molecular complexity index is 1440. The van der Waals surface area contributed by atoms with E-state index in [1.807, 2.05) is 0 Å². The SMILES string of the molecule is CC(=O)CBr.CC(=O)Cn1nc(C(F)(F)F)c(Cl)c1C.Cc1[nH]nc(C(F)(F)F)c1Cl.Cc1c(Cl)c(C(F)(F)F)nn1CC(=O)O. The van der Waals surface area contributed by atoms with Crippen LogP contribution in [-0.4, -0.2) is 57.7 Å². The zero-order valence-electron chi connectivity index (χ0n) is 23.9. The summed E-state index contributed by atoms with van der Waals surface area (Å²) in [7, 11) is 0. The van der Waals surface area contributed by atoms with E-state index in [-0.39, 0.29) is 40.2 Å². The summed E-state index contributed by atoms with van der Waals surface area (Å²) in [6, 6.07) is 0. The van der Waals surface area contributed by atoms with Gasteiger partial charge in [0, 0.05) is 0 Å². The van der Waals surface area contributed by atoms with Crippen molar-refractivity contribution in [2.75, 3.05) is 5.33 Å². The number of alkyl halides is 10. The van der Waals surface area contributed by atoms with E-state index in [1.54, 1.807) is 0 Å². The lowest BCUT2D eigenvalue weighted by Gasteiger charge is -2.01. The highest BCUT2D eigenvalue weighted by Gasteiger charge is 2.39. The zero-order chi connectivity index (χ0) is 36.5. The quantitative estimate of drug-likeness (QED) is 0.199. The Hall–Kier alpha value is -2.84. The first-order valence-electron chi connectivity index (χ1n) is 11.8. The molecule has 0 fully saturated rings. The number of ketones is 2. The third-order valence-electron chi connectivity index (χ3n) is 4.79. The van der Waals surface area contributed by atoms with E-state index in [0.29, 0.717) is 10.0 Å². The minimum atomic E-state index is -4.68. The molecule has 0 atom stereocenters. The van der Waals surface area contributed by atoms with Crippen LogP contribution in [0.25, 0.3) is 0 Å². The second kappa shape index (κ2) is 17.4. The number of aryl methyl sites for hydroxylation is 1. The first-order valence-corrected chi connectivity index (χ1v) is 14.1. The fraction of sp³-hybridized carbons (Fsp3) is 0.478. The van der Waals surface area contributed by atoms with Crippen LogP contribution in [0.1, 0.15) is 48.0 Å². The highest BCUT2D eigenvalue weighted by Crippen LogP contribution is 2.36. The van der Waals surface area contributed by atoms with Gasteiger partial charge in [0.1, 0.15) is 12.3 Å². The summed E-state index contributed by atoms with van der Waals surface area (Å²) in [6.45, 7) is 6.02. The second-order valence-corrected chi connectivity index (χ2v) is 10.4. The molecule has 3 aromatic rings. The molecule has 46 heavy (non-hydrogen) atoms. The number of rotatable bonds is 5. The van der Waals surface area contributed by atoms with E-state index in [0.717, 1.165) is 4.68 Å². The van der Waals surface area contributed by atoms with Crippen molar-refractivity contribution in [3.8, 4) is 0 Å². The van der Waals surface area contributed by atoms with E-state index < -0.39 is 58.2 Å². The van der Waals surface area contributed by atoms with Gasteiger partial charge in [-0.05, 0) is 34.6 Å². The Balaban J connectivity index is 0.000000621. The number of H-pyrrole nitrogens is 1. The maximum atomic E-state index is 12.3. The number of carboxylic acid groups (broad SMARTS) is 1. The first kappa shape index (κ1) is 43.2. The summed E-state index contributed by atoms with van der Waals surface area (Å²) in [6.07, 6.45) is -13.7. The van der Waals surface area contributed by atoms with Crippen molar-refractivity contribution in [2.24, 2.45) is 0 Å². The summed E-state index contributed by atoms with van der Waals surface area (Å²) < 4.78 is 111. The van der Waals surface area contributed by atoms with Gasteiger partial charge in [-0.25, -0.2) is 0 Å². The minimum absolute atomic E-state index is 0.0219. The van der Waals surface area contributed by atoms with Crippen LogP contribution in [-0.2, 0) is 46.0 Å². The normalized spacial score (nSPS) is 11.4. The van der Waals surface area contributed by atoms with Crippen molar-refractivity contribution in [1.82, 2.24) is 29.8 Å². The number of aromatic nitrogens is 6. The predicted molar refractivity (Wildman–Crippen MR) is 150 cm³/mol. The van der Waals surface area contributed by atoms with Gasteiger partial charge in [0.2, 0.25) is 0 Å². The number of aliphatic carboxylic acids is 1. The smallest absolute Gasteiger partial charge is 0.436 e. The molecule has 0 amide bonds. The molecule has 260 valence electrons. The van der Waals surface area contributed by atoms with Crippen LogP contribution in [0.2, 0.25) is 15.1 Å². The Morgan fingerprint density at radius 2 is 1.07 bits per heavy atom. The molecule has 0 radical (unpaired) electrons. The first-order chi connectivity index (χ1) is 20.7. The highest BCUT2D eigenvalue weighted by atomic mass is 79.9. The van der Waals surface area contributed by atoms with E-state index in [2.05, 4.69) is 36.3 Å². The lowest BCUT2D eigenvalue weighted by Crippen LogP contribution is -2.13. The van der Waals surface area contributed by atoms with Gasteiger partial charge in [-0.15, -0.1) is 0 Å². The van der Waals surface area contributed by atoms with Gasteiger partial charge in [0.05, 0.1) is 44.0 Å². The topological polar surface area (TPSA) is 136 Å². The zero-order valence-corrected chi connectivity index (χ0v) is 27.8. The van der Waals surface area contributed by atoms with Crippen LogP contribution in [0.3, 0.4) is 0 Å². The van der Waals surface area contributed by atoms with Crippen LogP contribution < -0.4 is 0 Å². The number of hydrogen-bond acceptors (Lipinski definition) is 6. The predicted octanol–water partition coefficient (Wildman–Crippen LogP) is 7.76. The number of nitrogens with one attached hydrogen (secondary N) is 1. The summed E-state index contributed by atoms with van der Waals surface area (Å²) in [4.78, 5) is 30.8. The van der Waals surface area contributed by atoms with Crippen molar-refractivity contribution in [2.45, 2.75) is 66.2 Å². The molecule has 10 nitrogen and oxygen atoms in total. The van der Waals surface area contributed by atoms with Gasteiger partial charge in [0.25, 0.3) is 0 Å². The van der Waals surface area contributed by atoms with Crippen molar-refractivity contribution in [1.29, 1.82) is 0 Å². The molecule has 0 aromatic carbocycles. The summed E-state index contributed by atoms with van der Waals surface area (Å²) >= 11 is 19.1. The van der Waals surface area contributed by atoms with Gasteiger partial charge < -0.3 is 5.11 Å². The lowest BCUT2D eigenvalue weighted by atomic mass is 10.3. The lowest BCUT2D eigenvalue weighted by molar-refractivity contribution is -0.143. The molecule has 0 saturated heterocycles. The molecule has 23 heteroatoms. The summed E-state index contributed by atoms with van der Waals surface area (Å²) in [5.41, 5.74) is -3.13. The molecule has 3 heterocycles. The third kappa shape index (κ3) is 13.5. The number of nitrogens with zero attached hydrogens (tertiary/aromatic N) is 5. The second-order valence-electron chi connectivity index (χ2n) is 8.75. The van der Waals surface area contributed by atoms with E-state index >= 15 is 0 Å². The van der Waals surface area contributed by atoms with Crippen LogP contribution in [0.15, 0.2) is 0 Å².